The Labute approximate surface area is 160 Å². The summed E-state index contributed by atoms with van der Waals surface area (Å²) in [6.07, 6.45) is 0.204. The number of hydrogen-bond donors (Lipinski definition) is 0. The van der Waals surface area contributed by atoms with Gasteiger partial charge in [-0.15, -0.1) is 11.3 Å². The molecule has 3 nitrogen and oxygen atoms in total. The van der Waals surface area contributed by atoms with E-state index in [1.807, 2.05) is 42.5 Å². The number of thiazole rings is 1. The van der Waals surface area contributed by atoms with Gasteiger partial charge in [-0.1, -0.05) is 54.6 Å². The van der Waals surface area contributed by atoms with Crippen LogP contribution in [0.15, 0.2) is 72.1 Å². The molecule has 4 aromatic rings. The second kappa shape index (κ2) is 7.68. The molecule has 5 heteroatoms. The highest BCUT2D eigenvalue weighted by Crippen LogP contribution is 2.26. The maximum absolute atomic E-state index is 13.8. The van der Waals surface area contributed by atoms with Crippen molar-refractivity contribution in [3.05, 3.63) is 89.2 Å². The largest absolute Gasteiger partial charge is 0.459 e. The van der Waals surface area contributed by atoms with Crippen molar-refractivity contribution in [1.82, 2.24) is 4.98 Å². The summed E-state index contributed by atoms with van der Waals surface area (Å²) in [5.74, 6) is -0.627. The molecule has 4 rings (SSSR count). The maximum Gasteiger partial charge on any atom is 0.310 e. The first-order valence-corrected chi connectivity index (χ1v) is 9.39. The van der Waals surface area contributed by atoms with Gasteiger partial charge >= 0.3 is 5.97 Å². The van der Waals surface area contributed by atoms with Gasteiger partial charge in [0.05, 0.1) is 12.1 Å². The van der Waals surface area contributed by atoms with Crippen molar-refractivity contribution in [3.63, 3.8) is 0 Å². The van der Waals surface area contributed by atoms with Gasteiger partial charge in [0.25, 0.3) is 0 Å². The van der Waals surface area contributed by atoms with Crippen LogP contribution in [-0.4, -0.2) is 11.0 Å². The summed E-state index contributed by atoms with van der Waals surface area (Å²) >= 11 is 1.33. The van der Waals surface area contributed by atoms with Crippen LogP contribution in [0.25, 0.3) is 21.3 Å². The predicted molar refractivity (Wildman–Crippen MR) is 105 cm³/mol. The molecule has 0 aliphatic carbocycles. The van der Waals surface area contributed by atoms with E-state index in [0.717, 1.165) is 16.3 Å². The summed E-state index contributed by atoms with van der Waals surface area (Å²) in [4.78, 5) is 16.5. The molecule has 0 bridgehead atoms. The fourth-order valence-electron chi connectivity index (χ4n) is 2.85. The first-order chi connectivity index (χ1) is 13.2. The number of carbonyl (C=O) groups excluding carboxylic acids is 1. The molecule has 0 spiro atoms. The van der Waals surface area contributed by atoms with Crippen LogP contribution < -0.4 is 0 Å². The molecule has 0 aliphatic rings. The van der Waals surface area contributed by atoms with Crippen LogP contribution in [0.3, 0.4) is 0 Å². The van der Waals surface area contributed by atoms with Crippen molar-refractivity contribution in [2.75, 3.05) is 0 Å². The summed E-state index contributed by atoms with van der Waals surface area (Å²) in [5.41, 5.74) is 1.98. The van der Waals surface area contributed by atoms with Crippen LogP contribution in [0.2, 0.25) is 0 Å². The smallest absolute Gasteiger partial charge is 0.310 e. The fraction of sp³-hybridized carbons (Fsp3) is 0.0909. The van der Waals surface area contributed by atoms with E-state index in [4.69, 9.17) is 4.74 Å². The molecule has 27 heavy (non-hydrogen) atoms. The minimum Gasteiger partial charge on any atom is -0.459 e. The van der Waals surface area contributed by atoms with Crippen molar-refractivity contribution < 1.29 is 13.9 Å². The molecule has 0 radical (unpaired) electrons. The SMILES string of the molecule is O=C(Cc1ccc2ccccc2c1)OCc1csc(-c2ccccc2F)n1. The monoisotopic (exact) mass is 377 g/mol. The number of ether oxygens (including phenoxy) is 1. The Hall–Kier alpha value is -3.05. The number of fused-ring (bicyclic) bond motifs is 1. The van der Waals surface area contributed by atoms with E-state index >= 15 is 0 Å². The topological polar surface area (TPSA) is 39.2 Å². The third-order valence-electron chi connectivity index (χ3n) is 4.20. The Balaban J connectivity index is 1.38. The lowest BCUT2D eigenvalue weighted by molar-refractivity contribution is -0.144. The van der Waals surface area contributed by atoms with Gasteiger partial charge in [0.1, 0.15) is 17.4 Å². The van der Waals surface area contributed by atoms with E-state index in [1.165, 1.54) is 17.4 Å². The van der Waals surface area contributed by atoms with Crippen molar-refractivity contribution >= 4 is 28.1 Å². The van der Waals surface area contributed by atoms with Gasteiger partial charge in [-0.2, -0.15) is 0 Å². The zero-order valence-electron chi connectivity index (χ0n) is 14.4. The molecule has 0 aliphatic heterocycles. The number of hydrogen-bond acceptors (Lipinski definition) is 4. The quantitative estimate of drug-likeness (QED) is 0.438. The summed E-state index contributed by atoms with van der Waals surface area (Å²) in [6, 6.07) is 20.4. The molecular weight excluding hydrogens is 361 g/mol. The minimum absolute atomic E-state index is 0.0807. The number of benzene rings is 3. The van der Waals surface area contributed by atoms with Gasteiger partial charge in [0.15, 0.2) is 0 Å². The van der Waals surface area contributed by atoms with Crippen LogP contribution in [0.1, 0.15) is 11.3 Å². The van der Waals surface area contributed by atoms with Gasteiger partial charge in [-0.25, -0.2) is 9.37 Å². The molecule has 0 amide bonds. The Morgan fingerprint density at radius 3 is 2.63 bits per heavy atom. The van der Waals surface area contributed by atoms with E-state index in [0.29, 0.717) is 16.3 Å². The Kier molecular flexibility index (Phi) is 4.94. The van der Waals surface area contributed by atoms with Gasteiger partial charge in [0, 0.05) is 10.9 Å². The number of rotatable bonds is 5. The number of halogens is 1. The van der Waals surface area contributed by atoms with Crippen molar-refractivity contribution in [2.24, 2.45) is 0 Å². The molecule has 0 N–H and O–H groups in total. The third kappa shape index (κ3) is 4.04. The average molecular weight is 377 g/mol. The van der Waals surface area contributed by atoms with Crippen LogP contribution in [0.5, 0.6) is 0 Å². The average Bonchev–Trinajstić information content (AvgIpc) is 3.15. The summed E-state index contributed by atoms with van der Waals surface area (Å²) in [6.45, 7) is 0.0807. The molecule has 0 saturated carbocycles. The molecule has 0 saturated heterocycles. The number of aromatic nitrogens is 1. The predicted octanol–water partition coefficient (Wildman–Crippen LogP) is 5.39. The lowest BCUT2D eigenvalue weighted by atomic mass is 10.1. The van der Waals surface area contributed by atoms with Crippen LogP contribution in [0.4, 0.5) is 4.39 Å². The number of carbonyl (C=O) groups is 1. The second-order valence-electron chi connectivity index (χ2n) is 6.14. The number of esters is 1. The third-order valence-corrected chi connectivity index (χ3v) is 5.12. The van der Waals surface area contributed by atoms with Crippen molar-refractivity contribution in [3.8, 4) is 10.6 Å². The fourth-order valence-corrected chi connectivity index (χ4v) is 3.68. The van der Waals surface area contributed by atoms with E-state index < -0.39 is 0 Å². The van der Waals surface area contributed by atoms with Crippen molar-refractivity contribution in [2.45, 2.75) is 13.0 Å². The molecular formula is C22H16FNO2S. The van der Waals surface area contributed by atoms with Gasteiger partial charge in [-0.05, 0) is 28.5 Å². The molecule has 1 heterocycles. The molecule has 0 atom stereocenters. The standard InChI is InChI=1S/C22H16FNO2S/c23-20-8-4-3-7-19(20)22-24-18(14-27-22)13-26-21(25)12-15-9-10-16-5-1-2-6-17(16)11-15/h1-11,14H,12-13H2. The van der Waals surface area contributed by atoms with Crippen LogP contribution in [0, 0.1) is 5.82 Å². The second-order valence-corrected chi connectivity index (χ2v) is 7.00. The maximum atomic E-state index is 13.8. The van der Waals surface area contributed by atoms with Gasteiger partial charge in [-0.3, -0.25) is 4.79 Å². The Morgan fingerprint density at radius 1 is 1.00 bits per heavy atom. The lowest BCUT2D eigenvalue weighted by Gasteiger charge is -2.05. The Morgan fingerprint density at radius 2 is 1.78 bits per heavy atom. The Bertz CT molecular complexity index is 1110. The molecule has 3 aromatic carbocycles. The highest BCUT2D eigenvalue weighted by atomic mass is 32.1. The molecule has 0 unspecified atom stereocenters. The van der Waals surface area contributed by atoms with Crippen LogP contribution in [-0.2, 0) is 22.6 Å². The van der Waals surface area contributed by atoms with Crippen molar-refractivity contribution in [1.29, 1.82) is 0 Å². The summed E-state index contributed by atoms with van der Waals surface area (Å²) in [7, 11) is 0. The van der Waals surface area contributed by atoms with E-state index in [1.54, 1.807) is 23.6 Å². The van der Waals surface area contributed by atoms with Gasteiger partial charge < -0.3 is 4.74 Å². The highest BCUT2D eigenvalue weighted by molar-refractivity contribution is 7.13. The normalized spacial score (nSPS) is 10.9. The summed E-state index contributed by atoms with van der Waals surface area (Å²) < 4.78 is 19.2. The highest BCUT2D eigenvalue weighted by Gasteiger charge is 2.11. The summed E-state index contributed by atoms with van der Waals surface area (Å²) in [5, 5.41) is 4.59. The zero-order chi connectivity index (χ0) is 18.6. The van der Waals surface area contributed by atoms with E-state index in [2.05, 4.69) is 4.98 Å². The molecule has 134 valence electrons. The first-order valence-electron chi connectivity index (χ1n) is 8.52. The lowest BCUT2D eigenvalue weighted by Crippen LogP contribution is -2.08. The first kappa shape index (κ1) is 17.4. The minimum atomic E-state index is -0.314. The van der Waals surface area contributed by atoms with Crippen LogP contribution >= 0.6 is 11.3 Å². The van der Waals surface area contributed by atoms with Gasteiger partial charge in [0.2, 0.25) is 0 Å². The molecule has 0 fully saturated rings. The van der Waals surface area contributed by atoms with E-state index in [-0.39, 0.29) is 24.8 Å². The number of nitrogens with zero attached hydrogens (tertiary/aromatic N) is 1. The van der Waals surface area contributed by atoms with E-state index in [9.17, 15) is 9.18 Å². The molecule has 1 aromatic heterocycles. The zero-order valence-corrected chi connectivity index (χ0v) is 15.2.